The van der Waals surface area contributed by atoms with Gasteiger partial charge in [-0.1, -0.05) is 51.7 Å². The van der Waals surface area contributed by atoms with Gasteiger partial charge in [-0.15, -0.1) is 0 Å². The lowest BCUT2D eigenvalue weighted by atomic mass is 9.94. The molecule has 0 fully saturated rings. The topological polar surface area (TPSA) is 12.0 Å². The summed E-state index contributed by atoms with van der Waals surface area (Å²) in [6.45, 7) is 2.16. The van der Waals surface area contributed by atoms with Crippen molar-refractivity contribution in [3.8, 4) is 0 Å². The lowest BCUT2D eigenvalue weighted by Gasteiger charge is -2.22. The predicted octanol–water partition coefficient (Wildman–Crippen LogP) is 4.91. The van der Waals surface area contributed by atoms with E-state index in [0.717, 1.165) is 0 Å². The molecule has 1 atom stereocenters. The Hall–Kier alpha value is -0.600. The Morgan fingerprint density at radius 3 is 2.83 bits per heavy atom. The Labute approximate surface area is 119 Å². The van der Waals surface area contributed by atoms with Crippen LogP contribution in [0, 0.1) is 6.92 Å². The molecule has 98 valence electrons. The molecule has 1 nitrogen and oxygen atoms in total. The fourth-order valence-corrected chi connectivity index (χ4v) is 3.20. The third-order valence-corrected chi connectivity index (χ3v) is 4.42. The van der Waals surface area contributed by atoms with Crippen LogP contribution in [0.15, 0.2) is 34.3 Å². The summed E-state index contributed by atoms with van der Waals surface area (Å²) in [5.41, 5.74) is 4.25. The molecule has 1 N–H and O–H groups in total. The Kier molecular flexibility index (Phi) is 5.02. The molecule has 0 saturated carbocycles. The fraction of sp³-hybridized carbons (Fsp3) is 0.500. The third kappa shape index (κ3) is 3.24. The van der Waals surface area contributed by atoms with Crippen molar-refractivity contribution >= 4 is 15.9 Å². The lowest BCUT2D eigenvalue weighted by Crippen LogP contribution is -2.19. The molecule has 18 heavy (non-hydrogen) atoms. The van der Waals surface area contributed by atoms with E-state index in [0.29, 0.717) is 6.04 Å². The van der Waals surface area contributed by atoms with Crippen LogP contribution in [-0.4, -0.2) is 7.05 Å². The van der Waals surface area contributed by atoms with Gasteiger partial charge in [0.1, 0.15) is 0 Å². The molecule has 0 heterocycles. The van der Waals surface area contributed by atoms with Crippen LogP contribution in [0.3, 0.4) is 0 Å². The first-order chi connectivity index (χ1) is 8.72. The van der Waals surface area contributed by atoms with Crippen molar-refractivity contribution in [3.05, 3.63) is 45.4 Å². The van der Waals surface area contributed by atoms with Gasteiger partial charge in [0.25, 0.3) is 0 Å². The second kappa shape index (κ2) is 6.53. The van der Waals surface area contributed by atoms with Gasteiger partial charge in [0.05, 0.1) is 6.04 Å². The maximum atomic E-state index is 3.69. The average molecular weight is 308 g/mol. The molecule has 0 aromatic heterocycles. The minimum Gasteiger partial charge on any atom is -0.310 e. The van der Waals surface area contributed by atoms with Gasteiger partial charge < -0.3 is 5.32 Å². The molecule has 0 saturated heterocycles. The van der Waals surface area contributed by atoms with E-state index in [-0.39, 0.29) is 0 Å². The molecular formula is C16H22BrN. The molecule has 1 aromatic rings. The first-order valence-corrected chi connectivity index (χ1v) is 7.64. The Morgan fingerprint density at radius 2 is 2.06 bits per heavy atom. The van der Waals surface area contributed by atoms with Crippen LogP contribution in [0.2, 0.25) is 0 Å². The highest BCUT2D eigenvalue weighted by molar-refractivity contribution is 9.10. The van der Waals surface area contributed by atoms with Gasteiger partial charge in [-0.3, -0.25) is 0 Å². The monoisotopic (exact) mass is 307 g/mol. The van der Waals surface area contributed by atoms with E-state index in [9.17, 15) is 0 Å². The minimum atomic E-state index is 0.359. The number of benzene rings is 1. The van der Waals surface area contributed by atoms with Crippen molar-refractivity contribution in [2.45, 2.75) is 45.1 Å². The smallest absolute Gasteiger partial charge is 0.0544 e. The quantitative estimate of drug-likeness (QED) is 0.782. The van der Waals surface area contributed by atoms with E-state index >= 15 is 0 Å². The zero-order valence-corrected chi connectivity index (χ0v) is 12.9. The first-order valence-electron chi connectivity index (χ1n) is 6.84. The highest BCUT2D eigenvalue weighted by Gasteiger charge is 2.18. The van der Waals surface area contributed by atoms with Crippen molar-refractivity contribution in [2.75, 3.05) is 7.05 Å². The minimum absolute atomic E-state index is 0.359. The highest BCUT2D eigenvalue weighted by atomic mass is 79.9. The third-order valence-electron chi connectivity index (χ3n) is 3.70. The van der Waals surface area contributed by atoms with Gasteiger partial charge >= 0.3 is 0 Å². The number of hydrogen-bond donors (Lipinski definition) is 1. The summed E-state index contributed by atoms with van der Waals surface area (Å²) < 4.78 is 1.21. The van der Waals surface area contributed by atoms with Gasteiger partial charge in [-0.05, 0) is 51.3 Å². The molecule has 2 heteroatoms. The van der Waals surface area contributed by atoms with Crippen molar-refractivity contribution < 1.29 is 0 Å². The average Bonchev–Trinajstić information content (AvgIpc) is 2.64. The van der Waals surface area contributed by atoms with E-state index in [1.807, 2.05) is 0 Å². The number of nitrogens with one attached hydrogen (secondary N) is 1. The number of hydrogen-bond acceptors (Lipinski definition) is 1. The Balaban J connectivity index is 2.32. The molecule has 2 rings (SSSR count). The zero-order chi connectivity index (χ0) is 13.0. The largest absolute Gasteiger partial charge is 0.310 e. The SMILES string of the molecule is CNC(C1=CCCCCC1)c1cc(C)ccc1Br. The first kappa shape index (κ1) is 13.8. The second-order valence-electron chi connectivity index (χ2n) is 5.13. The second-order valence-corrected chi connectivity index (χ2v) is 5.98. The summed E-state index contributed by atoms with van der Waals surface area (Å²) in [5.74, 6) is 0. The van der Waals surface area contributed by atoms with E-state index in [1.54, 1.807) is 5.57 Å². The van der Waals surface area contributed by atoms with Gasteiger partial charge in [-0.2, -0.15) is 0 Å². The Morgan fingerprint density at radius 1 is 1.22 bits per heavy atom. The molecule has 1 aromatic carbocycles. The van der Waals surface area contributed by atoms with Crippen molar-refractivity contribution in [3.63, 3.8) is 0 Å². The van der Waals surface area contributed by atoms with Crippen LogP contribution in [0.4, 0.5) is 0 Å². The summed E-state index contributed by atoms with van der Waals surface area (Å²) in [6, 6.07) is 6.96. The Bertz CT molecular complexity index is 437. The van der Waals surface area contributed by atoms with Crippen LogP contribution < -0.4 is 5.32 Å². The molecule has 0 spiro atoms. The van der Waals surface area contributed by atoms with E-state index < -0.39 is 0 Å². The number of halogens is 1. The maximum absolute atomic E-state index is 3.69. The zero-order valence-electron chi connectivity index (χ0n) is 11.3. The highest BCUT2D eigenvalue weighted by Crippen LogP contribution is 2.33. The van der Waals surface area contributed by atoms with Crippen LogP contribution in [0.1, 0.15) is 49.3 Å². The van der Waals surface area contributed by atoms with E-state index in [1.165, 1.54) is 47.7 Å². The van der Waals surface area contributed by atoms with E-state index in [4.69, 9.17) is 0 Å². The van der Waals surface area contributed by atoms with Crippen LogP contribution in [-0.2, 0) is 0 Å². The molecule has 0 bridgehead atoms. The molecule has 1 unspecified atom stereocenters. The van der Waals surface area contributed by atoms with Gasteiger partial charge in [0.15, 0.2) is 0 Å². The number of rotatable bonds is 3. The molecule has 0 aliphatic heterocycles. The van der Waals surface area contributed by atoms with Gasteiger partial charge in [-0.25, -0.2) is 0 Å². The predicted molar refractivity (Wildman–Crippen MR) is 81.8 cm³/mol. The van der Waals surface area contributed by atoms with Crippen LogP contribution in [0.5, 0.6) is 0 Å². The maximum Gasteiger partial charge on any atom is 0.0544 e. The summed E-state index contributed by atoms with van der Waals surface area (Å²) in [7, 11) is 2.06. The van der Waals surface area contributed by atoms with Crippen LogP contribution >= 0.6 is 15.9 Å². The molecule has 1 aliphatic carbocycles. The number of likely N-dealkylation sites (N-methyl/N-ethyl adjacent to an activating group) is 1. The number of aryl methyl sites for hydroxylation is 1. The summed E-state index contributed by atoms with van der Waals surface area (Å²) in [6.07, 6.45) is 8.94. The van der Waals surface area contributed by atoms with Crippen molar-refractivity contribution in [2.24, 2.45) is 0 Å². The molecule has 1 aliphatic rings. The summed E-state index contributed by atoms with van der Waals surface area (Å²) in [5, 5.41) is 3.49. The standard InChI is InChI=1S/C16H22BrN/c1-12-9-10-15(17)14(11-12)16(18-2)13-7-5-3-4-6-8-13/h7,9-11,16,18H,3-6,8H2,1-2H3. The molecule has 0 radical (unpaired) electrons. The fourth-order valence-electron chi connectivity index (χ4n) is 2.73. The lowest BCUT2D eigenvalue weighted by molar-refractivity contribution is 0.626. The van der Waals surface area contributed by atoms with Crippen LogP contribution in [0.25, 0.3) is 0 Å². The van der Waals surface area contributed by atoms with E-state index in [2.05, 4.69) is 59.5 Å². The normalized spacial score (nSPS) is 18.1. The summed E-state index contributed by atoms with van der Waals surface area (Å²) >= 11 is 3.69. The number of allylic oxidation sites excluding steroid dienone is 1. The van der Waals surface area contributed by atoms with Gasteiger partial charge in [0.2, 0.25) is 0 Å². The van der Waals surface area contributed by atoms with Crippen molar-refractivity contribution in [1.29, 1.82) is 0 Å². The summed E-state index contributed by atoms with van der Waals surface area (Å²) in [4.78, 5) is 0. The van der Waals surface area contributed by atoms with Gasteiger partial charge in [0, 0.05) is 4.47 Å². The molecular weight excluding hydrogens is 286 g/mol. The van der Waals surface area contributed by atoms with Crippen molar-refractivity contribution in [1.82, 2.24) is 5.32 Å². The molecule has 0 amide bonds.